The van der Waals surface area contributed by atoms with Gasteiger partial charge in [-0.25, -0.2) is 0 Å². The number of hydrogen-bond acceptors (Lipinski definition) is 1. The highest BCUT2D eigenvalue weighted by Crippen LogP contribution is 2.29. The Morgan fingerprint density at radius 1 is 1.33 bits per heavy atom. The van der Waals surface area contributed by atoms with E-state index < -0.39 is 0 Å². The first kappa shape index (κ1) is 11.7. The fourth-order valence-corrected chi connectivity index (χ4v) is 1.89. The van der Waals surface area contributed by atoms with Crippen molar-refractivity contribution >= 4 is 6.29 Å². The van der Waals surface area contributed by atoms with E-state index >= 15 is 0 Å². The maximum Gasteiger partial charge on any atom is 0.123 e. The van der Waals surface area contributed by atoms with Gasteiger partial charge in [0, 0.05) is 11.8 Å². The lowest BCUT2D eigenvalue weighted by molar-refractivity contribution is -0.111. The monoisotopic (exact) mass is 202 g/mol. The molecular formula is C14H18O. The molecule has 0 fully saturated rings. The zero-order chi connectivity index (χ0) is 11.4. The van der Waals surface area contributed by atoms with Crippen molar-refractivity contribution in [2.75, 3.05) is 0 Å². The predicted molar refractivity (Wildman–Crippen MR) is 64.0 cm³/mol. The molecule has 0 N–H and O–H groups in total. The number of aldehydes is 1. The summed E-state index contributed by atoms with van der Waals surface area (Å²) in [5.74, 6) is 0.133. The Balaban J connectivity index is 3.04. The molecule has 2 unspecified atom stereocenters. The van der Waals surface area contributed by atoms with E-state index in [0.717, 1.165) is 11.9 Å². The molecule has 0 aliphatic heterocycles. The smallest absolute Gasteiger partial charge is 0.123 e. The minimum Gasteiger partial charge on any atom is -0.303 e. The first-order chi connectivity index (χ1) is 7.06. The van der Waals surface area contributed by atoms with Crippen LogP contribution in [0.15, 0.2) is 36.4 Å². The molecule has 0 amide bonds. The molecule has 1 heteroatoms. The molecule has 0 aromatic heterocycles. The van der Waals surface area contributed by atoms with Crippen molar-refractivity contribution in [3.8, 4) is 0 Å². The van der Waals surface area contributed by atoms with Gasteiger partial charge in [0.15, 0.2) is 0 Å². The number of allylic oxidation sites excluding steroid dienone is 1. The van der Waals surface area contributed by atoms with Gasteiger partial charge >= 0.3 is 0 Å². The van der Waals surface area contributed by atoms with E-state index in [0.29, 0.717) is 0 Å². The quantitative estimate of drug-likeness (QED) is 0.539. The summed E-state index contributed by atoms with van der Waals surface area (Å²) in [6, 6.07) is 8.30. The van der Waals surface area contributed by atoms with Crippen molar-refractivity contribution in [1.29, 1.82) is 0 Å². The first-order valence-electron chi connectivity index (χ1n) is 5.23. The average Bonchev–Trinajstić information content (AvgIpc) is 2.20. The Labute approximate surface area is 91.8 Å². The van der Waals surface area contributed by atoms with Crippen molar-refractivity contribution in [3.05, 3.63) is 47.5 Å². The molecule has 1 nitrogen and oxygen atoms in total. The summed E-state index contributed by atoms with van der Waals surface area (Å²) in [7, 11) is 0. The number of carbonyl (C=O) groups excluding carboxylic acids is 1. The topological polar surface area (TPSA) is 17.1 Å². The fourth-order valence-electron chi connectivity index (χ4n) is 1.89. The van der Waals surface area contributed by atoms with Gasteiger partial charge in [0.05, 0.1) is 0 Å². The van der Waals surface area contributed by atoms with Gasteiger partial charge < -0.3 is 4.79 Å². The van der Waals surface area contributed by atoms with Gasteiger partial charge in [-0.1, -0.05) is 48.9 Å². The Bertz CT molecular complexity index is 348. The molecule has 0 bridgehead atoms. The summed E-state index contributed by atoms with van der Waals surface area (Å²) in [4.78, 5) is 10.8. The van der Waals surface area contributed by atoms with Crippen molar-refractivity contribution in [1.82, 2.24) is 0 Å². The number of rotatable bonds is 4. The first-order valence-corrected chi connectivity index (χ1v) is 5.23. The Kier molecular flexibility index (Phi) is 3.84. The van der Waals surface area contributed by atoms with Crippen LogP contribution in [-0.4, -0.2) is 6.29 Å². The number of benzene rings is 1. The van der Waals surface area contributed by atoms with Crippen LogP contribution in [0, 0.1) is 12.8 Å². The van der Waals surface area contributed by atoms with E-state index in [-0.39, 0.29) is 11.8 Å². The number of aryl methyl sites for hydroxylation is 1. The Morgan fingerprint density at radius 2 is 1.87 bits per heavy atom. The Hall–Kier alpha value is -1.37. The van der Waals surface area contributed by atoms with Crippen LogP contribution in [0.5, 0.6) is 0 Å². The van der Waals surface area contributed by atoms with E-state index in [2.05, 4.69) is 37.8 Å². The van der Waals surface area contributed by atoms with E-state index in [1.807, 2.05) is 13.8 Å². The standard InChI is InChI=1S/C14H18O/c1-10(2)14(12(4)9-15)13-7-5-11(3)6-8-13/h5-9,12,14H,1H2,2-4H3. The highest BCUT2D eigenvalue weighted by Gasteiger charge is 2.19. The van der Waals surface area contributed by atoms with Gasteiger partial charge in [0.2, 0.25) is 0 Å². The van der Waals surface area contributed by atoms with E-state index in [1.165, 1.54) is 11.1 Å². The second-order valence-electron chi connectivity index (χ2n) is 4.23. The molecule has 1 aromatic rings. The van der Waals surface area contributed by atoms with Crippen molar-refractivity contribution in [2.24, 2.45) is 5.92 Å². The Morgan fingerprint density at radius 3 is 2.27 bits per heavy atom. The van der Waals surface area contributed by atoms with Gasteiger partial charge in [0.25, 0.3) is 0 Å². The van der Waals surface area contributed by atoms with E-state index in [9.17, 15) is 4.79 Å². The normalized spacial score (nSPS) is 14.3. The minimum absolute atomic E-state index is 0.00907. The van der Waals surface area contributed by atoms with Crippen LogP contribution in [0.1, 0.15) is 30.9 Å². The predicted octanol–water partition coefficient (Wildman–Crippen LogP) is 3.49. The van der Waals surface area contributed by atoms with Crippen LogP contribution in [0.25, 0.3) is 0 Å². The maximum atomic E-state index is 10.8. The van der Waals surface area contributed by atoms with Crippen LogP contribution < -0.4 is 0 Å². The summed E-state index contributed by atoms with van der Waals surface area (Å²) in [6.07, 6.45) is 0.999. The summed E-state index contributed by atoms with van der Waals surface area (Å²) in [5.41, 5.74) is 3.45. The lowest BCUT2D eigenvalue weighted by Crippen LogP contribution is -2.11. The van der Waals surface area contributed by atoms with Crippen LogP contribution in [0.4, 0.5) is 0 Å². The molecule has 0 radical (unpaired) electrons. The van der Waals surface area contributed by atoms with Crippen LogP contribution in [0.3, 0.4) is 0 Å². The second-order valence-corrected chi connectivity index (χ2v) is 4.23. The molecule has 1 rings (SSSR count). The summed E-state index contributed by atoms with van der Waals surface area (Å²) >= 11 is 0. The third-order valence-electron chi connectivity index (χ3n) is 2.71. The van der Waals surface area contributed by atoms with E-state index in [1.54, 1.807) is 0 Å². The molecule has 0 spiro atoms. The molecule has 80 valence electrons. The zero-order valence-electron chi connectivity index (χ0n) is 9.66. The summed E-state index contributed by atoms with van der Waals surface area (Å²) < 4.78 is 0. The molecule has 1 aromatic carbocycles. The third kappa shape index (κ3) is 2.79. The van der Waals surface area contributed by atoms with Gasteiger partial charge in [-0.2, -0.15) is 0 Å². The molecule has 15 heavy (non-hydrogen) atoms. The molecule has 0 heterocycles. The van der Waals surface area contributed by atoms with Crippen molar-refractivity contribution < 1.29 is 4.79 Å². The SMILES string of the molecule is C=C(C)C(c1ccc(C)cc1)C(C)C=O. The van der Waals surface area contributed by atoms with Gasteiger partial charge in [-0.05, 0) is 19.4 Å². The minimum atomic E-state index is -0.00907. The second kappa shape index (κ2) is 4.92. The van der Waals surface area contributed by atoms with Gasteiger partial charge in [0.1, 0.15) is 6.29 Å². The van der Waals surface area contributed by atoms with E-state index in [4.69, 9.17) is 0 Å². The molecule has 2 atom stereocenters. The van der Waals surface area contributed by atoms with Crippen LogP contribution in [0.2, 0.25) is 0 Å². The largest absolute Gasteiger partial charge is 0.303 e. The average molecular weight is 202 g/mol. The summed E-state index contributed by atoms with van der Waals surface area (Å²) in [5, 5.41) is 0. The van der Waals surface area contributed by atoms with Crippen LogP contribution >= 0.6 is 0 Å². The lowest BCUT2D eigenvalue weighted by atomic mass is 9.83. The number of carbonyl (C=O) groups is 1. The highest BCUT2D eigenvalue weighted by molar-refractivity contribution is 5.57. The molecule has 0 aliphatic carbocycles. The molecule has 0 aliphatic rings. The van der Waals surface area contributed by atoms with Crippen molar-refractivity contribution in [2.45, 2.75) is 26.7 Å². The summed E-state index contributed by atoms with van der Waals surface area (Å²) in [6.45, 7) is 9.94. The maximum absolute atomic E-state index is 10.8. The van der Waals surface area contributed by atoms with Crippen molar-refractivity contribution in [3.63, 3.8) is 0 Å². The zero-order valence-corrected chi connectivity index (χ0v) is 9.66. The third-order valence-corrected chi connectivity index (χ3v) is 2.71. The molecule has 0 saturated carbocycles. The van der Waals surface area contributed by atoms with Gasteiger partial charge in [-0.15, -0.1) is 0 Å². The number of hydrogen-bond donors (Lipinski definition) is 0. The van der Waals surface area contributed by atoms with Crippen LogP contribution in [-0.2, 0) is 4.79 Å². The highest BCUT2D eigenvalue weighted by atomic mass is 16.1. The lowest BCUT2D eigenvalue weighted by Gasteiger charge is -2.20. The molecule has 0 saturated heterocycles. The fraction of sp³-hybridized carbons (Fsp3) is 0.357. The van der Waals surface area contributed by atoms with Gasteiger partial charge in [-0.3, -0.25) is 0 Å². The molecular weight excluding hydrogens is 184 g/mol.